The number of hydrogen-bond donors (Lipinski definition) is 0. The molecule has 0 aliphatic rings. The Labute approximate surface area is 132 Å². The maximum atomic E-state index is 13.2. The number of rotatable bonds is 4. The van der Waals surface area contributed by atoms with E-state index in [4.69, 9.17) is 0 Å². The highest BCUT2D eigenvalue weighted by atomic mass is 19.1. The van der Waals surface area contributed by atoms with Gasteiger partial charge in [-0.2, -0.15) is 0 Å². The molecule has 0 spiro atoms. The van der Waals surface area contributed by atoms with Crippen LogP contribution in [0, 0.1) is 17.9 Å². The number of pyridine rings is 1. The third-order valence-electron chi connectivity index (χ3n) is 3.45. The number of ketones is 1. The first-order valence-corrected chi connectivity index (χ1v) is 7.02. The molecule has 23 heavy (non-hydrogen) atoms. The standard InChI is InChI=1S/C19H12FNO2/c20-17-7-4-12-21(19(17)23)13-18(22)16-10-8-15(9-11-16)14-5-2-1-3-6-14/h1-2,4-5,7-12H,13H2. The molecule has 0 N–H and O–H groups in total. The SMILES string of the molecule is O=C(Cn1cccc(F)c1=O)c1ccc(-c2c#cccc2)cc1. The zero-order chi connectivity index (χ0) is 16.2. The number of carbonyl (C=O) groups excluding carboxylic acids is 1. The van der Waals surface area contributed by atoms with E-state index < -0.39 is 11.4 Å². The lowest BCUT2D eigenvalue weighted by Crippen LogP contribution is -2.25. The molecule has 3 rings (SSSR count). The lowest BCUT2D eigenvalue weighted by atomic mass is 10.0. The van der Waals surface area contributed by atoms with Gasteiger partial charge >= 0.3 is 0 Å². The van der Waals surface area contributed by atoms with Crippen LogP contribution in [-0.4, -0.2) is 10.4 Å². The van der Waals surface area contributed by atoms with E-state index in [-0.39, 0.29) is 12.3 Å². The normalized spacial score (nSPS) is 10.1. The lowest BCUT2D eigenvalue weighted by Gasteiger charge is -2.06. The zero-order valence-corrected chi connectivity index (χ0v) is 12.1. The van der Waals surface area contributed by atoms with Gasteiger partial charge in [0, 0.05) is 17.3 Å². The van der Waals surface area contributed by atoms with Crippen molar-refractivity contribution in [3.8, 4) is 11.1 Å². The molecule has 3 nitrogen and oxygen atoms in total. The van der Waals surface area contributed by atoms with Crippen LogP contribution < -0.4 is 5.56 Å². The molecule has 1 aromatic heterocycles. The van der Waals surface area contributed by atoms with Crippen LogP contribution in [0.25, 0.3) is 11.1 Å². The minimum absolute atomic E-state index is 0.193. The minimum atomic E-state index is -0.869. The van der Waals surface area contributed by atoms with Crippen LogP contribution in [-0.2, 0) is 6.54 Å². The van der Waals surface area contributed by atoms with Crippen molar-refractivity contribution in [2.45, 2.75) is 6.54 Å². The molecular formula is C19H12FNO2. The van der Waals surface area contributed by atoms with E-state index in [1.165, 1.54) is 12.3 Å². The monoisotopic (exact) mass is 305 g/mol. The molecule has 4 heteroatoms. The number of benzene rings is 1. The van der Waals surface area contributed by atoms with Crippen molar-refractivity contribution < 1.29 is 9.18 Å². The molecule has 112 valence electrons. The van der Waals surface area contributed by atoms with Gasteiger partial charge in [-0.15, -0.1) is 0 Å². The summed E-state index contributed by atoms with van der Waals surface area (Å²) < 4.78 is 14.3. The number of hydrogen-bond acceptors (Lipinski definition) is 2. The summed E-state index contributed by atoms with van der Waals surface area (Å²) in [6.07, 6.45) is 1.40. The van der Waals surface area contributed by atoms with E-state index in [2.05, 4.69) is 12.1 Å². The highest BCUT2D eigenvalue weighted by Crippen LogP contribution is 2.17. The van der Waals surface area contributed by atoms with E-state index in [1.807, 2.05) is 12.1 Å². The smallest absolute Gasteiger partial charge is 0.286 e. The van der Waals surface area contributed by atoms with Crippen LogP contribution in [0.5, 0.6) is 0 Å². The van der Waals surface area contributed by atoms with Crippen LogP contribution in [0.3, 0.4) is 0 Å². The Morgan fingerprint density at radius 3 is 2.57 bits per heavy atom. The summed E-state index contributed by atoms with van der Waals surface area (Å²) >= 11 is 0. The fraction of sp³-hybridized carbons (Fsp3) is 0.0526. The number of Topliss-reactive ketones (excluding diaryl/α,β-unsaturated/α-hetero) is 1. The van der Waals surface area contributed by atoms with Crippen molar-refractivity contribution in [1.29, 1.82) is 0 Å². The van der Waals surface area contributed by atoms with Gasteiger partial charge in [0.1, 0.15) is 0 Å². The van der Waals surface area contributed by atoms with E-state index in [0.717, 1.165) is 21.8 Å². The van der Waals surface area contributed by atoms with Gasteiger partial charge in [0.05, 0.1) is 6.54 Å². The average molecular weight is 305 g/mol. The summed E-state index contributed by atoms with van der Waals surface area (Å²) in [5.74, 6) is -1.13. The van der Waals surface area contributed by atoms with E-state index >= 15 is 0 Å². The molecule has 0 bridgehead atoms. The predicted molar refractivity (Wildman–Crippen MR) is 84.5 cm³/mol. The second-order valence-electron chi connectivity index (χ2n) is 5.00. The molecule has 0 aliphatic heterocycles. The fourth-order valence-corrected chi connectivity index (χ4v) is 2.24. The summed E-state index contributed by atoms with van der Waals surface area (Å²) in [6.45, 7) is -0.193. The summed E-state index contributed by atoms with van der Waals surface area (Å²) in [7, 11) is 0. The van der Waals surface area contributed by atoms with E-state index in [9.17, 15) is 14.0 Å². The number of aromatic nitrogens is 1. The maximum Gasteiger partial charge on any atom is 0.286 e. The molecule has 1 heterocycles. The van der Waals surface area contributed by atoms with Gasteiger partial charge in [-0.25, -0.2) is 4.39 Å². The molecular weight excluding hydrogens is 293 g/mol. The van der Waals surface area contributed by atoms with Crippen molar-refractivity contribution in [3.05, 3.63) is 94.7 Å². The highest BCUT2D eigenvalue weighted by molar-refractivity contribution is 5.96. The van der Waals surface area contributed by atoms with Gasteiger partial charge in [-0.3, -0.25) is 9.59 Å². The first-order valence-electron chi connectivity index (χ1n) is 7.02. The summed E-state index contributed by atoms with van der Waals surface area (Å²) in [6, 6.07) is 20.8. The molecule has 0 amide bonds. The van der Waals surface area contributed by atoms with Crippen LogP contribution in [0.15, 0.2) is 65.6 Å². The average Bonchev–Trinajstić information content (AvgIpc) is 2.60. The third kappa shape index (κ3) is 3.19. The van der Waals surface area contributed by atoms with E-state index in [1.54, 1.807) is 30.3 Å². The Bertz CT molecular complexity index is 883. The molecule has 0 atom stereocenters. The fourth-order valence-electron chi connectivity index (χ4n) is 2.24. The highest BCUT2D eigenvalue weighted by Gasteiger charge is 2.10. The second-order valence-corrected chi connectivity index (χ2v) is 5.00. The van der Waals surface area contributed by atoms with Gasteiger partial charge in [0.15, 0.2) is 11.6 Å². The molecule has 0 fully saturated rings. The molecule has 0 aliphatic carbocycles. The molecule has 2 aromatic carbocycles. The zero-order valence-electron chi connectivity index (χ0n) is 12.1. The van der Waals surface area contributed by atoms with Crippen LogP contribution >= 0.6 is 0 Å². The topological polar surface area (TPSA) is 39.1 Å². The Morgan fingerprint density at radius 1 is 1.09 bits per heavy atom. The summed E-state index contributed by atoms with van der Waals surface area (Å²) in [5.41, 5.74) is 1.46. The molecule has 3 aromatic rings. The van der Waals surface area contributed by atoms with Gasteiger partial charge < -0.3 is 4.57 Å². The number of carbonyl (C=O) groups is 1. The Balaban J connectivity index is 1.81. The second kappa shape index (κ2) is 6.29. The number of halogens is 1. The van der Waals surface area contributed by atoms with Crippen molar-refractivity contribution in [1.82, 2.24) is 4.57 Å². The van der Waals surface area contributed by atoms with Gasteiger partial charge in [0.25, 0.3) is 5.56 Å². The molecule has 0 saturated heterocycles. The largest absolute Gasteiger partial charge is 0.305 e. The van der Waals surface area contributed by atoms with Crippen LogP contribution in [0.2, 0.25) is 0 Å². The van der Waals surface area contributed by atoms with Crippen LogP contribution in [0.1, 0.15) is 10.4 Å². The van der Waals surface area contributed by atoms with Crippen molar-refractivity contribution in [3.63, 3.8) is 0 Å². The van der Waals surface area contributed by atoms with Crippen molar-refractivity contribution in [2.24, 2.45) is 0 Å². The van der Waals surface area contributed by atoms with Gasteiger partial charge in [0.2, 0.25) is 0 Å². The quantitative estimate of drug-likeness (QED) is 0.695. The Hall–Kier alpha value is -3.19. The van der Waals surface area contributed by atoms with Crippen molar-refractivity contribution >= 4 is 5.78 Å². The summed E-state index contributed by atoms with van der Waals surface area (Å²) in [4.78, 5) is 23.8. The van der Waals surface area contributed by atoms with Crippen LogP contribution in [0.4, 0.5) is 4.39 Å². The molecule has 0 saturated carbocycles. The molecule has 0 radical (unpaired) electrons. The van der Waals surface area contributed by atoms with Gasteiger partial charge in [-0.05, 0) is 29.8 Å². The van der Waals surface area contributed by atoms with E-state index in [0.29, 0.717) is 5.56 Å². The first kappa shape index (κ1) is 14.7. The summed E-state index contributed by atoms with van der Waals surface area (Å²) in [5, 5.41) is 0. The third-order valence-corrected chi connectivity index (χ3v) is 3.45. The first-order chi connectivity index (χ1) is 11.1. The maximum absolute atomic E-state index is 13.2. The minimum Gasteiger partial charge on any atom is -0.305 e. The Morgan fingerprint density at radius 2 is 1.87 bits per heavy atom. The number of nitrogens with zero attached hydrogens (tertiary/aromatic N) is 1. The lowest BCUT2D eigenvalue weighted by molar-refractivity contribution is 0.0970. The molecule has 0 unspecified atom stereocenters. The predicted octanol–water partition coefficient (Wildman–Crippen LogP) is 3.14. The van der Waals surface area contributed by atoms with Crippen molar-refractivity contribution in [2.75, 3.05) is 0 Å². The van der Waals surface area contributed by atoms with Gasteiger partial charge in [-0.1, -0.05) is 42.5 Å². The Kier molecular flexibility index (Phi) is 4.03.